The van der Waals surface area contributed by atoms with Gasteiger partial charge in [0.2, 0.25) is 5.88 Å². The number of nitrogens with zero attached hydrogens (tertiary/aromatic N) is 1. The summed E-state index contributed by atoms with van der Waals surface area (Å²) in [5.41, 5.74) is 0.787. The SMILES string of the molecule is FC(F)(F)COc1ccc(NCC2CCCNC2)cn1. The van der Waals surface area contributed by atoms with Crippen molar-refractivity contribution < 1.29 is 17.9 Å². The van der Waals surface area contributed by atoms with Crippen molar-refractivity contribution in [3.05, 3.63) is 18.3 Å². The van der Waals surface area contributed by atoms with Crippen LogP contribution in [0.25, 0.3) is 0 Å². The Balaban J connectivity index is 1.76. The van der Waals surface area contributed by atoms with E-state index in [4.69, 9.17) is 0 Å². The standard InChI is InChI=1S/C13H18F3N3O/c14-13(15,16)9-20-12-4-3-11(8-19-12)18-7-10-2-1-5-17-6-10/h3-4,8,10,17-18H,1-2,5-7,9H2. The Morgan fingerprint density at radius 2 is 2.25 bits per heavy atom. The molecule has 112 valence electrons. The van der Waals surface area contributed by atoms with Crippen molar-refractivity contribution in [3.63, 3.8) is 0 Å². The molecule has 1 aliphatic heterocycles. The maximum Gasteiger partial charge on any atom is 0.422 e. The minimum atomic E-state index is -4.34. The number of alkyl halides is 3. The molecular weight excluding hydrogens is 271 g/mol. The second kappa shape index (κ2) is 6.78. The van der Waals surface area contributed by atoms with E-state index in [-0.39, 0.29) is 5.88 Å². The van der Waals surface area contributed by atoms with Crippen molar-refractivity contribution >= 4 is 5.69 Å². The molecule has 0 saturated carbocycles. The van der Waals surface area contributed by atoms with Gasteiger partial charge in [0.15, 0.2) is 6.61 Å². The summed E-state index contributed by atoms with van der Waals surface area (Å²) >= 11 is 0. The number of aromatic nitrogens is 1. The molecule has 1 aromatic rings. The van der Waals surface area contributed by atoms with Crippen LogP contribution in [0.5, 0.6) is 5.88 Å². The molecule has 2 N–H and O–H groups in total. The van der Waals surface area contributed by atoms with Gasteiger partial charge in [-0.25, -0.2) is 4.98 Å². The molecule has 1 fully saturated rings. The quantitative estimate of drug-likeness (QED) is 0.874. The van der Waals surface area contributed by atoms with Gasteiger partial charge in [0.25, 0.3) is 0 Å². The van der Waals surface area contributed by atoms with Crippen LogP contribution in [0.15, 0.2) is 18.3 Å². The molecule has 0 aliphatic carbocycles. The minimum Gasteiger partial charge on any atom is -0.468 e. The van der Waals surface area contributed by atoms with Crippen molar-refractivity contribution in [2.75, 3.05) is 31.6 Å². The molecule has 1 atom stereocenters. The van der Waals surface area contributed by atoms with Crippen LogP contribution in [-0.2, 0) is 0 Å². The van der Waals surface area contributed by atoms with E-state index in [0.29, 0.717) is 5.92 Å². The molecule has 7 heteroatoms. The third-order valence-corrected chi connectivity index (χ3v) is 3.11. The second-order valence-electron chi connectivity index (χ2n) is 4.88. The number of anilines is 1. The first-order valence-corrected chi connectivity index (χ1v) is 6.63. The normalized spacial score (nSPS) is 19.6. The van der Waals surface area contributed by atoms with Crippen LogP contribution < -0.4 is 15.4 Å². The van der Waals surface area contributed by atoms with Gasteiger partial charge < -0.3 is 15.4 Å². The van der Waals surface area contributed by atoms with Crippen LogP contribution in [0, 0.1) is 5.92 Å². The summed E-state index contributed by atoms with van der Waals surface area (Å²) in [5.74, 6) is 0.553. The van der Waals surface area contributed by atoms with E-state index in [1.807, 2.05) is 0 Å². The molecule has 2 rings (SSSR count). The van der Waals surface area contributed by atoms with E-state index in [2.05, 4.69) is 20.4 Å². The Morgan fingerprint density at radius 3 is 2.85 bits per heavy atom. The zero-order valence-corrected chi connectivity index (χ0v) is 11.0. The summed E-state index contributed by atoms with van der Waals surface area (Å²) in [7, 11) is 0. The fourth-order valence-corrected chi connectivity index (χ4v) is 2.09. The average molecular weight is 289 g/mol. The van der Waals surface area contributed by atoms with E-state index >= 15 is 0 Å². The fourth-order valence-electron chi connectivity index (χ4n) is 2.09. The van der Waals surface area contributed by atoms with E-state index < -0.39 is 12.8 Å². The predicted molar refractivity (Wildman–Crippen MR) is 69.9 cm³/mol. The number of rotatable bonds is 5. The molecule has 1 saturated heterocycles. The van der Waals surface area contributed by atoms with E-state index in [0.717, 1.165) is 25.3 Å². The lowest BCUT2D eigenvalue weighted by Gasteiger charge is -2.23. The molecule has 0 amide bonds. The van der Waals surface area contributed by atoms with Crippen LogP contribution in [0.2, 0.25) is 0 Å². The second-order valence-corrected chi connectivity index (χ2v) is 4.88. The number of nitrogens with one attached hydrogen (secondary N) is 2. The molecule has 1 aliphatic rings. The summed E-state index contributed by atoms with van der Waals surface area (Å²) in [5, 5.41) is 6.56. The maximum absolute atomic E-state index is 12.0. The van der Waals surface area contributed by atoms with Crippen LogP contribution in [-0.4, -0.2) is 37.4 Å². The Kier molecular flexibility index (Phi) is 5.05. The van der Waals surface area contributed by atoms with Crippen molar-refractivity contribution in [3.8, 4) is 5.88 Å². The highest BCUT2D eigenvalue weighted by Crippen LogP contribution is 2.18. The monoisotopic (exact) mass is 289 g/mol. The van der Waals surface area contributed by atoms with Crippen molar-refractivity contribution in [2.24, 2.45) is 5.92 Å². The number of halogens is 3. The summed E-state index contributed by atoms with van der Waals surface area (Å²) in [6.07, 6.45) is -0.496. The molecule has 0 bridgehead atoms. The number of hydrogen-bond donors (Lipinski definition) is 2. The van der Waals surface area contributed by atoms with Gasteiger partial charge in [-0.15, -0.1) is 0 Å². The Labute approximate surface area is 115 Å². The van der Waals surface area contributed by atoms with Crippen LogP contribution in [0.4, 0.5) is 18.9 Å². The smallest absolute Gasteiger partial charge is 0.422 e. The molecule has 2 heterocycles. The van der Waals surface area contributed by atoms with Crippen molar-refractivity contribution in [1.29, 1.82) is 0 Å². The maximum atomic E-state index is 12.0. The third-order valence-electron chi connectivity index (χ3n) is 3.11. The Bertz CT molecular complexity index is 402. The minimum absolute atomic E-state index is 0.0211. The van der Waals surface area contributed by atoms with Crippen LogP contribution in [0.1, 0.15) is 12.8 Å². The zero-order chi connectivity index (χ0) is 14.4. The summed E-state index contributed by atoms with van der Waals surface area (Å²) in [4.78, 5) is 3.85. The lowest BCUT2D eigenvalue weighted by Crippen LogP contribution is -2.33. The van der Waals surface area contributed by atoms with Crippen LogP contribution in [0.3, 0.4) is 0 Å². The summed E-state index contributed by atoms with van der Waals surface area (Å²) < 4.78 is 40.5. The summed E-state index contributed by atoms with van der Waals surface area (Å²) in [6.45, 7) is 1.58. The third kappa shape index (κ3) is 5.24. The molecule has 4 nitrogen and oxygen atoms in total. The lowest BCUT2D eigenvalue weighted by atomic mass is 10.00. The van der Waals surface area contributed by atoms with Gasteiger partial charge in [0.1, 0.15) is 0 Å². The summed E-state index contributed by atoms with van der Waals surface area (Å²) in [6, 6.07) is 3.11. The van der Waals surface area contributed by atoms with Gasteiger partial charge in [0, 0.05) is 12.6 Å². The van der Waals surface area contributed by atoms with E-state index in [9.17, 15) is 13.2 Å². The van der Waals surface area contributed by atoms with E-state index in [1.54, 1.807) is 6.07 Å². The van der Waals surface area contributed by atoms with Gasteiger partial charge in [-0.05, 0) is 37.9 Å². The predicted octanol–water partition coefficient (Wildman–Crippen LogP) is 2.43. The largest absolute Gasteiger partial charge is 0.468 e. The highest BCUT2D eigenvalue weighted by atomic mass is 19.4. The number of ether oxygens (including phenoxy) is 1. The topological polar surface area (TPSA) is 46.2 Å². The van der Waals surface area contributed by atoms with Gasteiger partial charge in [0.05, 0.1) is 11.9 Å². The van der Waals surface area contributed by atoms with Crippen molar-refractivity contribution in [1.82, 2.24) is 10.3 Å². The zero-order valence-electron chi connectivity index (χ0n) is 11.0. The molecule has 0 spiro atoms. The van der Waals surface area contributed by atoms with Gasteiger partial charge in [-0.1, -0.05) is 0 Å². The first-order valence-electron chi connectivity index (χ1n) is 6.63. The molecule has 0 radical (unpaired) electrons. The molecule has 0 aromatic carbocycles. The molecule has 1 aromatic heterocycles. The van der Waals surface area contributed by atoms with Gasteiger partial charge in [-0.2, -0.15) is 13.2 Å². The fraction of sp³-hybridized carbons (Fsp3) is 0.615. The first kappa shape index (κ1) is 14.9. The van der Waals surface area contributed by atoms with E-state index in [1.165, 1.54) is 25.1 Å². The van der Waals surface area contributed by atoms with Gasteiger partial charge >= 0.3 is 6.18 Å². The Morgan fingerprint density at radius 1 is 1.40 bits per heavy atom. The number of piperidine rings is 1. The lowest BCUT2D eigenvalue weighted by molar-refractivity contribution is -0.154. The van der Waals surface area contributed by atoms with Crippen LogP contribution >= 0.6 is 0 Å². The average Bonchev–Trinajstić information content (AvgIpc) is 2.44. The number of hydrogen-bond acceptors (Lipinski definition) is 4. The molecule has 1 unspecified atom stereocenters. The number of pyridine rings is 1. The Hall–Kier alpha value is -1.50. The molecular formula is C13H18F3N3O. The molecule has 20 heavy (non-hydrogen) atoms. The van der Waals surface area contributed by atoms with Crippen molar-refractivity contribution in [2.45, 2.75) is 19.0 Å². The van der Waals surface area contributed by atoms with Gasteiger partial charge in [-0.3, -0.25) is 0 Å². The highest BCUT2D eigenvalue weighted by Gasteiger charge is 2.28. The highest BCUT2D eigenvalue weighted by molar-refractivity contribution is 5.42. The first-order chi connectivity index (χ1) is 9.53.